The summed E-state index contributed by atoms with van der Waals surface area (Å²) in [6, 6.07) is 9.52. The highest BCUT2D eigenvalue weighted by Crippen LogP contribution is 2.30. The highest BCUT2D eigenvalue weighted by atomic mass is 35.5. The van der Waals surface area contributed by atoms with Gasteiger partial charge in [0.05, 0.1) is 6.61 Å². The minimum atomic E-state index is 0.0714. The molecule has 1 atom stereocenters. The van der Waals surface area contributed by atoms with Gasteiger partial charge in [0.2, 0.25) is 0 Å². The van der Waals surface area contributed by atoms with E-state index in [1.54, 1.807) is 12.3 Å². The van der Waals surface area contributed by atoms with Crippen molar-refractivity contribution in [3.63, 3.8) is 0 Å². The summed E-state index contributed by atoms with van der Waals surface area (Å²) in [4.78, 5) is 6.29. The van der Waals surface area contributed by atoms with Gasteiger partial charge in [-0.1, -0.05) is 35.3 Å². The molecule has 0 bridgehead atoms. The van der Waals surface area contributed by atoms with Crippen LogP contribution in [0.25, 0.3) is 0 Å². The average molecular weight is 325 g/mol. The summed E-state index contributed by atoms with van der Waals surface area (Å²) < 4.78 is 0. The summed E-state index contributed by atoms with van der Waals surface area (Å²) in [5.74, 6) is 0. The molecule has 3 nitrogen and oxygen atoms in total. The third kappa shape index (κ3) is 4.42. The van der Waals surface area contributed by atoms with E-state index >= 15 is 0 Å². The van der Waals surface area contributed by atoms with Crippen molar-refractivity contribution in [1.29, 1.82) is 0 Å². The van der Waals surface area contributed by atoms with Crippen molar-refractivity contribution in [2.75, 3.05) is 13.2 Å². The average Bonchev–Trinajstić information content (AvgIpc) is 2.47. The second-order valence-electron chi connectivity index (χ2n) is 4.90. The monoisotopic (exact) mass is 324 g/mol. The molecule has 5 heteroatoms. The smallest absolute Gasteiger partial charge is 0.0558 e. The number of rotatable bonds is 6. The Kier molecular flexibility index (Phi) is 6.00. The molecule has 0 spiro atoms. The molecule has 0 aliphatic carbocycles. The van der Waals surface area contributed by atoms with Crippen LogP contribution in [0.3, 0.4) is 0 Å². The van der Waals surface area contributed by atoms with Crippen molar-refractivity contribution in [2.45, 2.75) is 19.5 Å². The quantitative estimate of drug-likeness (QED) is 0.874. The molecule has 0 saturated heterocycles. The second kappa shape index (κ2) is 7.76. The molecule has 0 saturated carbocycles. The lowest BCUT2D eigenvalue weighted by Gasteiger charge is -2.29. The van der Waals surface area contributed by atoms with Crippen LogP contribution in [0.1, 0.15) is 24.1 Å². The molecule has 0 fully saturated rings. The molecule has 1 aromatic heterocycles. The first-order chi connectivity index (χ1) is 10.1. The SMILES string of the molecule is CC(c1ccc(Cl)cc1Cl)N(CCO)Cc1cccnc1. The Morgan fingerprint density at radius 2 is 2.10 bits per heavy atom. The van der Waals surface area contributed by atoms with Gasteiger partial charge in [0.15, 0.2) is 0 Å². The predicted octanol–water partition coefficient (Wildman–Crippen LogP) is 3.94. The maximum atomic E-state index is 9.31. The number of benzene rings is 1. The summed E-state index contributed by atoms with van der Waals surface area (Å²) in [5, 5.41) is 10.6. The van der Waals surface area contributed by atoms with Crippen molar-refractivity contribution in [3.8, 4) is 0 Å². The van der Waals surface area contributed by atoms with Gasteiger partial charge >= 0.3 is 0 Å². The van der Waals surface area contributed by atoms with E-state index in [0.29, 0.717) is 23.1 Å². The van der Waals surface area contributed by atoms with Crippen molar-refractivity contribution >= 4 is 23.2 Å². The van der Waals surface area contributed by atoms with Crippen molar-refractivity contribution in [3.05, 3.63) is 63.9 Å². The normalized spacial score (nSPS) is 12.6. The number of pyridine rings is 1. The Bertz CT molecular complexity index is 578. The van der Waals surface area contributed by atoms with E-state index in [4.69, 9.17) is 23.2 Å². The van der Waals surface area contributed by atoms with Gasteiger partial charge in [-0.05, 0) is 36.2 Å². The third-order valence-corrected chi connectivity index (χ3v) is 4.02. The molecule has 1 heterocycles. The minimum absolute atomic E-state index is 0.0714. The van der Waals surface area contributed by atoms with Gasteiger partial charge in [-0.3, -0.25) is 9.88 Å². The van der Waals surface area contributed by atoms with E-state index in [9.17, 15) is 5.11 Å². The lowest BCUT2D eigenvalue weighted by atomic mass is 10.1. The van der Waals surface area contributed by atoms with Gasteiger partial charge in [0.1, 0.15) is 0 Å². The molecular weight excluding hydrogens is 307 g/mol. The van der Waals surface area contributed by atoms with Crippen LogP contribution in [-0.4, -0.2) is 28.1 Å². The van der Waals surface area contributed by atoms with E-state index in [1.807, 2.05) is 30.5 Å². The molecule has 21 heavy (non-hydrogen) atoms. The van der Waals surface area contributed by atoms with Crippen LogP contribution in [-0.2, 0) is 6.54 Å². The van der Waals surface area contributed by atoms with Crippen LogP contribution >= 0.6 is 23.2 Å². The fraction of sp³-hybridized carbons (Fsp3) is 0.312. The molecule has 2 rings (SSSR count). The molecule has 0 radical (unpaired) electrons. The first kappa shape index (κ1) is 16.2. The van der Waals surface area contributed by atoms with Gasteiger partial charge in [0.25, 0.3) is 0 Å². The number of aliphatic hydroxyl groups is 1. The first-order valence-corrected chi connectivity index (χ1v) is 7.56. The zero-order valence-corrected chi connectivity index (χ0v) is 13.3. The first-order valence-electron chi connectivity index (χ1n) is 6.80. The molecule has 0 aliphatic heterocycles. The number of halogens is 2. The Morgan fingerprint density at radius 3 is 2.71 bits per heavy atom. The topological polar surface area (TPSA) is 36.4 Å². The fourth-order valence-corrected chi connectivity index (χ4v) is 2.87. The van der Waals surface area contributed by atoms with Crippen LogP contribution in [0.15, 0.2) is 42.7 Å². The lowest BCUT2D eigenvalue weighted by Crippen LogP contribution is -2.29. The van der Waals surface area contributed by atoms with E-state index < -0.39 is 0 Å². The number of hydrogen-bond acceptors (Lipinski definition) is 3. The molecular formula is C16H18Cl2N2O. The maximum absolute atomic E-state index is 9.31. The zero-order valence-electron chi connectivity index (χ0n) is 11.8. The predicted molar refractivity (Wildman–Crippen MR) is 86.6 cm³/mol. The largest absolute Gasteiger partial charge is 0.395 e. The molecule has 1 N–H and O–H groups in total. The summed E-state index contributed by atoms with van der Waals surface area (Å²) >= 11 is 12.2. The summed E-state index contributed by atoms with van der Waals surface area (Å²) in [6.45, 7) is 3.43. The van der Waals surface area contributed by atoms with Crippen molar-refractivity contribution in [1.82, 2.24) is 9.88 Å². The van der Waals surface area contributed by atoms with Crippen LogP contribution in [0.4, 0.5) is 0 Å². The van der Waals surface area contributed by atoms with Gasteiger partial charge in [0, 0.05) is 41.6 Å². The molecule has 0 aliphatic rings. The van der Waals surface area contributed by atoms with Gasteiger partial charge in [-0.2, -0.15) is 0 Å². The van der Waals surface area contributed by atoms with E-state index in [-0.39, 0.29) is 12.6 Å². The maximum Gasteiger partial charge on any atom is 0.0558 e. The molecule has 0 amide bonds. The zero-order chi connectivity index (χ0) is 15.2. The highest BCUT2D eigenvalue weighted by Gasteiger charge is 2.18. The van der Waals surface area contributed by atoms with E-state index in [2.05, 4.69) is 16.8 Å². The number of nitrogens with zero attached hydrogens (tertiary/aromatic N) is 2. The lowest BCUT2D eigenvalue weighted by molar-refractivity contribution is 0.151. The van der Waals surface area contributed by atoms with E-state index in [1.165, 1.54) is 0 Å². The van der Waals surface area contributed by atoms with Gasteiger partial charge < -0.3 is 5.11 Å². The third-order valence-electron chi connectivity index (χ3n) is 3.46. The van der Waals surface area contributed by atoms with Crippen LogP contribution in [0.5, 0.6) is 0 Å². The number of aromatic nitrogens is 1. The Balaban J connectivity index is 2.20. The molecule has 112 valence electrons. The molecule has 1 unspecified atom stereocenters. The molecule has 2 aromatic rings. The van der Waals surface area contributed by atoms with Gasteiger partial charge in [-0.25, -0.2) is 0 Å². The van der Waals surface area contributed by atoms with Gasteiger partial charge in [-0.15, -0.1) is 0 Å². The summed E-state index contributed by atoms with van der Waals surface area (Å²) in [6.07, 6.45) is 3.58. The second-order valence-corrected chi connectivity index (χ2v) is 5.74. The van der Waals surface area contributed by atoms with Crippen LogP contribution in [0, 0.1) is 0 Å². The Hall–Kier alpha value is -1.13. The van der Waals surface area contributed by atoms with Crippen LogP contribution < -0.4 is 0 Å². The summed E-state index contributed by atoms with van der Waals surface area (Å²) in [7, 11) is 0. The summed E-state index contributed by atoms with van der Waals surface area (Å²) in [5.41, 5.74) is 2.10. The standard InChI is InChI=1S/C16H18Cl2N2O/c1-12(15-5-4-14(17)9-16(15)18)20(7-8-21)11-13-3-2-6-19-10-13/h2-6,9-10,12,21H,7-8,11H2,1H3. The Morgan fingerprint density at radius 1 is 1.29 bits per heavy atom. The van der Waals surface area contributed by atoms with Crippen LogP contribution in [0.2, 0.25) is 10.0 Å². The highest BCUT2D eigenvalue weighted by molar-refractivity contribution is 6.35. The van der Waals surface area contributed by atoms with Crippen molar-refractivity contribution in [2.24, 2.45) is 0 Å². The Labute approximate surface area is 135 Å². The van der Waals surface area contributed by atoms with E-state index in [0.717, 1.165) is 11.1 Å². The number of aliphatic hydroxyl groups excluding tert-OH is 1. The van der Waals surface area contributed by atoms with Crippen molar-refractivity contribution < 1.29 is 5.11 Å². The fourth-order valence-electron chi connectivity index (χ4n) is 2.30. The minimum Gasteiger partial charge on any atom is -0.395 e. The molecule has 1 aromatic carbocycles. The number of hydrogen-bond donors (Lipinski definition) is 1.